The maximum absolute atomic E-state index is 11.4. The van der Waals surface area contributed by atoms with Crippen molar-refractivity contribution in [2.24, 2.45) is 0 Å². The Hall–Kier alpha value is -1.18. The Labute approximate surface area is 79.3 Å². The fourth-order valence-electron chi connectivity index (χ4n) is 1.00. The minimum atomic E-state index is -0.0903. The van der Waals surface area contributed by atoms with Gasteiger partial charge in [-0.15, -0.1) is 0 Å². The highest BCUT2D eigenvalue weighted by atomic mass is 16.1. The number of carbonyl (C=O) groups excluding carboxylic acids is 2. The van der Waals surface area contributed by atoms with Crippen molar-refractivity contribution in [3.05, 3.63) is 23.8 Å². The van der Waals surface area contributed by atoms with Gasteiger partial charge in [0.1, 0.15) is 5.78 Å². The molecule has 0 aromatic rings. The van der Waals surface area contributed by atoms with Crippen LogP contribution >= 0.6 is 0 Å². The smallest absolute Gasteiger partial charge is 0.169 e. The van der Waals surface area contributed by atoms with E-state index >= 15 is 0 Å². The summed E-state index contributed by atoms with van der Waals surface area (Å²) in [6, 6.07) is 0. The summed E-state index contributed by atoms with van der Waals surface area (Å²) in [6.45, 7) is 5.24. The Kier molecular flexibility index (Phi) is 5.77. The molecule has 0 atom stereocenters. The van der Waals surface area contributed by atoms with Gasteiger partial charge in [0.05, 0.1) is 6.42 Å². The molecule has 72 valence electrons. The Balaban J connectivity index is 4.47. The Bertz CT molecular complexity index is 247. The first-order valence-electron chi connectivity index (χ1n) is 4.47. The molecule has 0 aromatic carbocycles. The summed E-state index contributed by atoms with van der Waals surface area (Å²) in [5.74, 6) is -0.177. The van der Waals surface area contributed by atoms with Crippen molar-refractivity contribution in [2.75, 3.05) is 0 Å². The van der Waals surface area contributed by atoms with E-state index in [2.05, 4.69) is 0 Å². The summed E-state index contributed by atoms with van der Waals surface area (Å²) < 4.78 is 0. The van der Waals surface area contributed by atoms with Crippen LogP contribution in [-0.4, -0.2) is 11.6 Å². The van der Waals surface area contributed by atoms with E-state index in [9.17, 15) is 9.59 Å². The van der Waals surface area contributed by atoms with Gasteiger partial charge in [-0.25, -0.2) is 0 Å². The van der Waals surface area contributed by atoms with Gasteiger partial charge in [0.25, 0.3) is 0 Å². The van der Waals surface area contributed by atoms with Crippen LogP contribution in [0, 0.1) is 0 Å². The lowest BCUT2D eigenvalue weighted by atomic mass is 10.1. The molecular weight excluding hydrogens is 164 g/mol. The van der Waals surface area contributed by atoms with Gasteiger partial charge in [0, 0.05) is 5.57 Å². The van der Waals surface area contributed by atoms with Crippen LogP contribution in [0.4, 0.5) is 0 Å². The first kappa shape index (κ1) is 11.8. The van der Waals surface area contributed by atoms with Gasteiger partial charge in [0.2, 0.25) is 0 Å². The molecule has 0 N–H and O–H groups in total. The number of Topliss-reactive ketones (excluding diaryl/α,β-unsaturated/α-hetero) is 2. The molecule has 13 heavy (non-hydrogen) atoms. The van der Waals surface area contributed by atoms with Gasteiger partial charge >= 0.3 is 0 Å². The highest BCUT2D eigenvalue weighted by Gasteiger charge is 2.07. The van der Waals surface area contributed by atoms with E-state index in [4.69, 9.17) is 0 Å². The van der Waals surface area contributed by atoms with Gasteiger partial charge in [-0.2, -0.15) is 0 Å². The first-order chi connectivity index (χ1) is 6.11. The lowest BCUT2D eigenvalue weighted by Gasteiger charge is -1.98. The predicted molar refractivity (Wildman–Crippen MR) is 53.5 cm³/mol. The summed E-state index contributed by atoms with van der Waals surface area (Å²) in [4.78, 5) is 22.1. The van der Waals surface area contributed by atoms with Crippen molar-refractivity contribution in [3.8, 4) is 0 Å². The molecule has 0 heterocycles. The largest absolute Gasteiger partial charge is 0.300 e. The molecular formula is C11H16O2. The van der Waals surface area contributed by atoms with Crippen molar-refractivity contribution in [3.63, 3.8) is 0 Å². The van der Waals surface area contributed by atoms with Crippen LogP contribution in [0.3, 0.4) is 0 Å². The third kappa shape index (κ3) is 5.12. The van der Waals surface area contributed by atoms with Crippen molar-refractivity contribution in [1.82, 2.24) is 0 Å². The van der Waals surface area contributed by atoms with Gasteiger partial charge in [-0.1, -0.05) is 25.2 Å². The van der Waals surface area contributed by atoms with Crippen LogP contribution < -0.4 is 0 Å². The van der Waals surface area contributed by atoms with Crippen molar-refractivity contribution >= 4 is 11.6 Å². The van der Waals surface area contributed by atoms with Crippen LogP contribution in [0.15, 0.2) is 23.8 Å². The molecule has 2 nitrogen and oxygen atoms in total. The van der Waals surface area contributed by atoms with E-state index in [-0.39, 0.29) is 18.0 Å². The number of rotatable bonds is 5. The molecule has 0 aromatic heterocycles. The first-order valence-corrected chi connectivity index (χ1v) is 4.47. The number of hydrogen-bond donors (Lipinski definition) is 0. The number of allylic oxidation sites excluding steroid dienone is 4. The predicted octanol–water partition coefficient (Wildman–Crippen LogP) is 2.45. The minimum Gasteiger partial charge on any atom is -0.300 e. The summed E-state index contributed by atoms with van der Waals surface area (Å²) >= 11 is 0. The molecule has 0 aliphatic carbocycles. The van der Waals surface area contributed by atoms with Crippen molar-refractivity contribution in [2.45, 2.75) is 33.6 Å². The van der Waals surface area contributed by atoms with E-state index in [0.717, 1.165) is 6.42 Å². The number of carbonyl (C=O) groups is 2. The molecule has 0 saturated carbocycles. The molecule has 0 fully saturated rings. The van der Waals surface area contributed by atoms with Gasteiger partial charge in [0.15, 0.2) is 5.78 Å². The molecule has 2 heteroatoms. The standard InChI is InChI=1S/C11H16O2/c1-4-6-10(7-5-2)11(13)8-9(3)12/h4,6-7H,5,8H2,1-3H3/b6-4-,10-7+. The third-order valence-corrected chi connectivity index (χ3v) is 1.50. The maximum Gasteiger partial charge on any atom is 0.169 e. The molecule has 0 radical (unpaired) electrons. The topological polar surface area (TPSA) is 34.1 Å². The molecule has 0 amide bonds. The second-order valence-corrected chi connectivity index (χ2v) is 2.87. The Morgan fingerprint density at radius 3 is 2.31 bits per heavy atom. The van der Waals surface area contributed by atoms with Crippen molar-refractivity contribution < 1.29 is 9.59 Å². The summed E-state index contributed by atoms with van der Waals surface area (Å²) in [5.41, 5.74) is 0.639. The molecule has 0 spiro atoms. The molecule has 0 rings (SSSR count). The van der Waals surface area contributed by atoms with E-state index < -0.39 is 0 Å². The molecule has 0 unspecified atom stereocenters. The van der Waals surface area contributed by atoms with Gasteiger partial charge < -0.3 is 0 Å². The van der Waals surface area contributed by atoms with Crippen LogP contribution in [-0.2, 0) is 9.59 Å². The van der Waals surface area contributed by atoms with Crippen LogP contribution in [0.25, 0.3) is 0 Å². The van der Waals surface area contributed by atoms with E-state index in [1.807, 2.05) is 19.9 Å². The Morgan fingerprint density at radius 2 is 1.92 bits per heavy atom. The average Bonchev–Trinajstić information content (AvgIpc) is 2.02. The highest BCUT2D eigenvalue weighted by molar-refractivity contribution is 6.08. The Morgan fingerprint density at radius 1 is 1.31 bits per heavy atom. The van der Waals surface area contributed by atoms with Gasteiger partial charge in [-0.3, -0.25) is 9.59 Å². The minimum absolute atomic E-state index is 0.0101. The fourth-order valence-corrected chi connectivity index (χ4v) is 1.00. The third-order valence-electron chi connectivity index (χ3n) is 1.50. The number of hydrogen-bond acceptors (Lipinski definition) is 2. The summed E-state index contributed by atoms with van der Waals surface area (Å²) in [6.07, 6.45) is 6.21. The average molecular weight is 180 g/mol. The molecule has 0 bridgehead atoms. The lowest BCUT2D eigenvalue weighted by Crippen LogP contribution is -2.06. The second kappa shape index (κ2) is 6.35. The highest BCUT2D eigenvalue weighted by Crippen LogP contribution is 2.04. The number of ketones is 2. The van der Waals surface area contributed by atoms with Crippen LogP contribution in [0.5, 0.6) is 0 Å². The van der Waals surface area contributed by atoms with Crippen molar-refractivity contribution in [1.29, 1.82) is 0 Å². The van der Waals surface area contributed by atoms with Crippen LogP contribution in [0.2, 0.25) is 0 Å². The van der Waals surface area contributed by atoms with Gasteiger partial charge in [-0.05, 0) is 20.3 Å². The normalized spacial score (nSPS) is 12.1. The fraction of sp³-hybridized carbons (Fsp3) is 0.455. The molecule has 0 aliphatic heterocycles. The molecule has 0 aliphatic rings. The zero-order chi connectivity index (χ0) is 10.3. The quantitative estimate of drug-likeness (QED) is 0.370. The second-order valence-electron chi connectivity index (χ2n) is 2.87. The monoisotopic (exact) mass is 180 g/mol. The van der Waals surface area contributed by atoms with E-state index in [1.54, 1.807) is 12.2 Å². The lowest BCUT2D eigenvalue weighted by molar-refractivity contribution is -0.123. The zero-order valence-corrected chi connectivity index (χ0v) is 8.46. The summed E-state index contributed by atoms with van der Waals surface area (Å²) in [7, 11) is 0. The van der Waals surface area contributed by atoms with Crippen LogP contribution in [0.1, 0.15) is 33.6 Å². The van der Waals surface area contributed by atoms with E-state index in [1.165, 1.54) is 6.92 Å². The van der Waals surface area contributed by atoms with E-state index in [0.29, 0.717) is 5.57 Å². The molecule has 0 saturated heterocycles. The summed E-state index contributed by atoms with van der Waals surface area (Å²) in [5, 5.41) is 0. The zero-order valence-electron chi connectivity index (χ0n) is 8.46. The SMILES string of the molecule is C/C=C\C(=C/CC)C(=O)CC(C)=O. The maximum atomic E-state index is 11.4.